The Morgan fingerprint density at radius 3 is 1.79 bits per heavy atom. The average molecular weight is 246 g/mol. The predicted octanol–water partition coefficient (Wildman–Crippen LogP) is -1.44. The number of carboxylic acids is 3. The van der Waals surface area contributed by atoms with Gasteiger partial charge in [-0.15, -0.1) is 0 Å². The molecule has 8 heteroatoms. The molecule has 1 unspecified atom stereocenters. The number of aliphatic carboxylic acids is 3. The van der Waals surface area contributed by atoms with Gasteiger partial charge in [-0.1, -0.05) is 0 Å². The quantitative estimate of drug-likeness (QED) is 0.345. The largest absolute Gasteiger partial charge is 0.503 e. The van der Waals surface area contributed by atoms with Crippen molar-refractivity contribution in [2.75, 3.05) is 0 Å². The molecule has 14 heavy (non-hydrogen) atoms. The van der Waals surface area contributed by atoms with Gasteiger partial charge in [0.15, 0.2) is 5.97 Å². The summed E-state index contributed by atoms with van der Waals surface area (Å²) in [6.07, 6.45) is -1.18. The van der Waals surface area contributed by atoms with Crippen molar-refractivity contribution in [2.24, 2.45) is 0 Å². The van der Waals surface area contributed by atoms with Crippen molar-refractivity contribution in [3.8, 4) is 0 Å². The maximum Gasteiger partial charge on any atom is 0.307 e. The van der Waals surface area contributed by atoms with E-state index in [2.05, 4.69) is 0 Å². The second-order valence-corrected chi connectivity index (χ2v) is 2.28. The van der Waals surface area contributed by atoms with Crippen LogP contribution in [0, 0.1) is 6.42 Å². The van der Waals surface area contributed by atoms with Gasteiger partial charge in [0, 0.05) is 17.1 Å². The summed E-state index contributed by atoms with van der Waals surface area (Å²) in [5.41, 5.74) is -2.86. The van der Waals surface area contributed by atoms with Crippen molar-refractivity contribution >= 4 is 17.9 Å². The summed E-state index contributed by atoms with van der Waals surface area (Å²) in [4.78, 5) is 30.4. The van der Waals surface area contributed by atoms with Crippen LogP contribution >= 0.6 is 0 Å². The fourth-order valence-electron chi connectivity index (χ4n) is 0.623. The first kappa shape index (κ1) is 15.2. The SMILES string of the molecule is O=C(O)[CH-]C(O)(CC(=O)O)C(=O)O.[Mn]. The molecular formula is C6H7MnO7-. The van der Waals surface area contributed by atoms with Crippen LogP contribution in [0.1, 0.15) is 6.42 Å². The molecule has 0 aromatic rings. The Hall–Kier alpha value is -1.24. The zero-order valence-electron chi connectivity index (χ0n) is 6.68. The Morgan fingerprint density at radius 1 is 1.14 bits per heavy atom. The van der Waals surface area contributed by atoms with Crippen LogP contribution in [0.3, 0.4) is 0 Å². The maximum absolute atomic E-state index is 10.3. The Morgan fingerprint density at radius 2 is 1.57 bits per heavy atom. The molecule has 0 fully saturated rings. The van der Waals surface area contributed by atoms with E-state index in [-0.39, 0.29) is 23.5 Å². The molecule has 4 N–H and O–H groups in total. The van der Waals surface area contributed by atoms with Crippen LogP contribution in [0.15, 0.2) is 0 Å². The molecule has 0 aliphatic heterocycles. The summed E-state index contributed by atoms with van der Waals surface area (Å²) in [6, 6.07) is 0. The fourth-order valence-corrected chi connectivity index (χ4v) is 0.623. The minimum absolute atomic E-state index is 0. The zero-order valence-corrected chi connectivity index (χ0v) is 7.86. The predicted molar refractivity (Wildman–Crippen MR) is 36.8 cm³/mol. The molecule has 0 saturated heterocycles. The Balaban J connectivity index is 0. The Bertz CT molecular complexity index is 233. The van der Waals surface area contributed by atoms with Crippen molar-refractivity contribution in [3.05, 3.63) is 6.42 Å². The Labute approximate surface area is 88.8 Å². The molecule has 0 saturated carbocycles. The summed E-state index contributed by atoms with van der Waals surface area (Å²) >= 11 is 0. The molecule has 0 aliphatic rings. The van der Waals surface area contributed by atoms with Gasteiger partial charge < -0.3 is 20.4 Å². The minimum Gasteiger partial charge on any atom is -0.503 e. The number of carbonyl (C=O) groups is 3. The van der Waals surface area contributed by atoms with Gasteiger partial charge in [0.1, 0.15) is 0 Å². The van der Waals surface area contributed by atoms with Crippen molar-refractivity contribution in [1.82, 2.24) is 0 Å². The summed E-state index contributed by atoms with van der Waals surface area (Å²) in [5, 5.41) is 33.6. The van der Waals surface area contributed by atoms with Gasteiger partial charge in [0.2, 0.25) is 0 Å². The first-order chi connectivity index (χ1) is 5.78. The fraction of sp³-hybridized carbons (Fsp3) is 0.333. The summed E-state index contributed by atoms with van der Waals surface area (Å²) in [5.74, 6) is -5.23. The second-order valence-electron chi connectivity index (χ2n) is 2.28. The van der Waals surface area contributed by atoms with Crippen molar-refractivity contribution in [1.29, 1.82) is 0 Å². The summed E-state index contributed by atoms with van der Waals surface area (Å²) in [6.45, 7) is 0. The van der Waals surface area contributed by atoms with E-state index in [0.717, 1.165) is 0 Å². The first-order valence-corrected chi connectivity index (χ1v) is 3.04. The van der Waals surface area contributed by atoms with Gasteiger partial charge in [-0.25, -0.2) is 6.42 Å². The van der Waals surface area contributed by atoms with E-state index >= 15 is 0 Å². The van der Waals surface area contributed by atoms with E-state index in [9.17, 15) is 14.4 Å². The van der Waals surface area contributed by atoms with Gasteiger partial charge >= 0.3 is 11.9 Å². The van der Waals surface area contributed by atoms with Gasteiger partial charge in [0.05, 0.1) is 12.0 Å². The molecule has 1 radical (unpaired) electrons. The topological polar surface area (TPSA) is 132 Å². The standard InChI is InChI=1S/C6H7O7.Mn/c7-3(8)1-6(13,5(11)12)2-4(9)10;/h1,13H,2H2,(H,7,8)(H,9,10)(H,11,12);/q-1;. The molecule has 7 nitrogen and oxygen atoms in total. The third-order valence-electron chi connectivity index (χ3n) is 1.15. The maximum atomic E-state index is 10.3. The average Bonchev–Trinajstić information content (AvgIpc) is 1.82. The third-order valence-corrected chi connectivity index (χ3v) is 1.15. The second kappa shape index (κ2) is 5.48. The molecular weight excluding hydrogens is 239 g/mol. The molecule has 0 rings (SSSR count). The molecule has 0 heterocycles. The summed E-state index contributed by atoms with van der Waals surface area (Å²) < 4.78 is 0. The molecule has 0 aliphatic carbocycles. The van der Waals surface area contributed by atoms with Crippen LogP contribution in [0.2, 0.25) is 0 Å². The van der Waals surface area contributed by atoms with Crippen molar-refractivity contribution in [2.45, 2.75) is 12.0 Å². The van der Waals surface area contributed by atoms with Crippen LogP contribution < -0.4 is 0 Å². The zero-order chi connectivity index (χ0) is 10.6. The van der Waals surface area contributed by atoms with E-state index in [0.29, 0.717) is 0 Å². The number of hydrogen-bond donors (Lipinski definition) is 4. The van der Waals surface area contributed by atoms with E-state index in [4.69, 9.17) is 20.4 Å². The number of hydrogen-bond acceptors (Lipinski definition) is 4. The molecule has 81 valence electrons. The molecule has 0 spiro atoms. The van der Waals surface area contributed by atoms with Gasteiger partial charge in [-0.05, 0) is 0 Å². The molecule has 0 amide bonds. The van der Waals surface area contributed by atoms with E-state index < -0.39 is 29.9 Å². The van der Waals surface area contributed by atoms with Crippen LogP contribution in [-0.2, 0) is 31.5 Å². The van der Waals surface area contributed by atoms with Crippen LogP contribution in [0.4, 0.5) is 0 Å². The Kier molecular flexibility index (Phi) is 5.97. The van der Waals surface area contributed by atoms with Gasteiger partial charge in [-0.3, -0.25) is 14.4 Å². The van der Waals surface area contributed by atoms with Crippen molar-refractivity contribution in [3.63, 3.8) is 0 Å². The van der Waals surface area contributed by atoms with Crippen LogP contribution in [0.5, 0.6) is 0 Å². The normalized spacial score (nSPS) is 13.2. The third kappa shape index (κ3) is 4.70. The molecule has 0 aromatic carbocycles. The van der Waals surface area contributed by atoms with Crippen LogP contribution in [-0.4, -0.2) is 43.9 Å². The van der Waals surface area contributed by atoms with E-state index in [1.165, 1.54) is 0 Å². The number of aliphatic hydroxyl groups is 1. The molecule has 1 atom stereocenters. The monoisotopic (exact) mass is 246 g/mol. The molecule has 0 bridgehead atoms. The first-order valence-electron chi connectivity index (χ1n) is 3.04. The van der Waals surface area contributed by atoms with Gasteiger partial charge in [0.25, 0.3) is 0 Å². The summed E-state index contributed by atoms with van der Waals surface area (Å²) in [7, 11) is 0. The molecule has 0 aromatic heterocycles. The van der Waals surface area contributed by atoms with E-state index in [1.807, 2.05) is 0 Å². The minimum atomic E-state index is -2.86. The number of carboxylic acid groups (broad SMARTS) is 3. The smallest absolute Gasteiger partial charge is 0.307 e. The van der Waals surface area contributed by atoms with Crippen molar-refractivity contribution < 1.29 is 51.9 Å². The van der Waals surface area contributed by atoms with Crippen LogP contribution in [0.25, 0.3) is 0 Å². The van der Waals surface area contributed by atoms with Gasteiger partial charge in [-0.2, -0.15) is 0 Å². The number of rotatable bonds is 5. The van der Waals surface area contributed by atoms with E-state index in [1.54, 1.807) is 0 Å².